The summed E-state index contributed by atoms with van der Waals surface area (Å²) in [7, 11) is 0.370. The van der Waals surface area contributed by atoms with Crippen LogP contribution in [-0.2, 0) is 4.43 Å². The zero-order valence-corrected chi connectivity index (χ0v) is 9.42. The molecule has 0 aromatic heterocycles. The van der Waals surface area contributed by atoms with Gasteiger partial charge in [0.05, 0.1) is 0 Å². The van der Waals surface area contributed by atoms with Crippen molar-refractivity contribution in [1.82, 2.24) is 0 Å². The third-order valence-electron chi connectivity index (χ3n) is 2.87. The second-order valence-electron chi connectivity index (χ2n) is 3.87. The van der Waals surface area contributed by atoms with E-state index < -0.39 is 8.32 Å². The molecule has 68 valence electrons. The van der Waals surface area contributed by atoms with Crippen LogP contribution in [0.25, 0.3) is 0 Å². The van der Waals surface area contributed by atoms with E-state index in [4.69, 9.17) is 4.43 Å². The van der Waals surface area contributed by atoms with Gasteiger partial charge in [0.25, 0.3) is 0 Å². The maximum atomic E-state index is 5.58. The minimum Gasteiger partial charge on any atom is -0.420 e. The number of hydrogen-bond acceptors (Lipinski definition) is 1. The topological polar surface area (TPSA) is 9.23 Å². The molecule has 1 unspecified atom stereocenters. The van der Waals surface area contributed by atoms with Crippen molar-refractivity contribution in [3.05, 3.63) is 23.8 Å². The maximum absolute atomic E-state index is 5.58. The van der Waals surface area contributed by atoms with Crippen molar-refractivity contribution >= 4 is 8.32 Å². The van der Waals surface area contributed by atoms with Crippen molar-refractivity contribution in [1.29, 1.82) is 0 Å². The highest BCUT2D eigenvalue weighted by molar-refractivity contribution is 6.73. The van der Waals surface area contributed by atoms with Crippen molar-refractivity contribution in [2.45, 2.75) is 32.0 Å². The molecule has 1 aliphatic carbocycles. The molecule has 0 aliphatic heterocycles. The Morgan fingerprint density at radius 3 is 2.58 bits per heavy atom. The van der Waals surface area contributed by atoms with E-state index in [1.165, 1.54) is 5.57 Å². The summed E-state index contributed by atoms with van der Waals surface area (Å²) in [6.07, 6.45) is 7.86. The van der Waals surface area contributed by atoms with Crippen LogP contribution in [0.2, 0.25) is 18.6 Å². The summed E-state index contributed by atoms with van der Waals surface area (Å²) in [5.41, 5.74) is 2.08. The summed E-state index contributed by atoms with van der Waals surface area (Å²) in [6.45, 7) is 6.81. The van der Waals surface area contributed by atoms with Crippen molar-refractivity contribution in [2.75, 3.05) is 7.11 Å². The van der Waals surface area contributed by atoms with Crippen molar-refractivity contribution in [3.8, 4) is 0 Å². The van der Waals surface area contributed by atoms with Crippen LogP contribution in [0.15, 0.2) is 23.8 Å². The minimum atomic E-state index is -1.47. The van der Waals surface area contributed by atoms with Gasteiger partial charge < -0.3 is 4.43 Å². The average Bonchev–Trinajstić information content (AvgIpc) is 2.55. The maximum Gasteiger partial charge on any atom is 0.193 e. The largest absolute Gasteiger partial charge is 0.420 e. The van der Waals surface area contributed by atoms with Crippen molar-refractivity contribution in [2.24, 2.45) is 0 Å². The third-order valence-corrected chi connectivity index (χ3v) is 6.34. The second-order valence-corrected chi connectivity index (χ2v) is 8.35. The van der Waals surface area contributed by atoms with Gasteiger partial charge in [-0.3, -0.25) is 0 Å². The molecule has 0 saturated heterocycles. The van der Waals surface area contributed by atoms with Gasteiger partial charge >= 0.3 is 0 Å². The summed E-state index contributed by atoms with van der Waals surface area (Å²) < 4.78 is 5.58. The van der Waals surface area contributed by atoms with Crippen LogP contribution in [0.1, 0.15) is 13.3 Å². The molecular weight excluding hydrogens is 164 g/mol. The Bertz CT molecular complexity index is 216. The first-order valence-electron chi connectivity index (χ1n) is 4.49. The van der Waals surface area contributed by atoms with E-state index in [9.17, 15) is 0 Å². The summed E-state index contributed by atoms with van der Waals surface area (Å²) in [6, 6.07) is 0. The van der Waals surface area contributed by atoms with Crippen LogP contribution in [0.3, 0.4) is 0 Å². The highest BCUT2D eigenvalue weighted by atomic mass is 28.4. The predicted octanol–water partition coefficient (Wildman–Crippen LogP) is 3.11. The highest BCUT2D eigenvalue weighted by Gasteiger charge is 2.30. The Labute approximate surface area is 76.3 Å². The summed E-state index contributed by atoms with van der Waals surface area (Å²) in [5, 5.41) is 0. The normalized spacial score (nSPS) is 19.5. The van der Waals surface area contributed by atoms with Crippen LogP contribution in [-0.4, -0.2) is 15.4 Å². The van der Waals surface area contributed by atoms with E-state index in [-0.39, 0.29) is 0 Å². The lowest BCUT2D eigenvalue weighted by atomic mass is 10.2. The van der Waals surface area contributed by atoms with E-state index in [0.717, 1.165) is 6.42 Å². The molecule has 0 heterocycles. The van der Waals surface area contributed by atoms with Crippen LogP contribution in [0.5, 0.6) is 0 Å². The van der Waals surface area contributed by atoms with Gasteiger partial charge in [0.15, 0.2) is 8.32 Å². The fourth-order valence-electron chi connectivity index (χ4n) is 1.38. The van der Waals surface area contributed by atoms with Crippen molar-refractivity contribution < 1.29 is 4.43 Å². The molecule has 0 spiro atoms. The SMILES string of the molecule is CO[Si](C)(C)C(C)C1=CCC=C1. The third kappa shape index (κ3) is 1.87. The molecule has 2 heteroatoms. The highest BCUT2D eigenvalue weighted by Crippen LogP contribution is 2.32. The minimum absolute atomic E-state index is 0.612. The van der Waals surface area contributed by atoms with Crippen LogP contribution < -0.4 is 0 Å². The predicted molar refractivity (Wildman–Crippen MR) is 55.8 cm³/mol. The van der Waals surface area contributed by atoms with Crippen molar-refractivity contribution in [3.63, 3.8) is 0 Å². The molecule has 0 amide bonds. The Hall–Kier alpha value is -0.343. The first kappa shape index (κ1) is 9.74. The molecule has 0 bridgehead atoms. The standard InChI is InChI=1S/C10H18OSi/c1-9(12(3,4)11-2)10-7-5-6-8-10/h5,7-9H,6H2,1-4H3. The zero-order valence-electron chi connectivity index (χ0n) is 8.42. The van der Waals surface area contributed by atoms with Gasteiger partial charge in [-0.1, -0.05) is 25.2 Å². The molecule has 0 saturated carbocycles. The lowest BCUT2D eigenvalue weighted by Crippen LogP contribution is -2.34. The quantitative estimate of drug-likeness (QED) is 0.609. The molecular formula is C10H18OSi. The van der Waals surface area contributed by atoms with Gasteiger partial charge in [0, 0.05) is 7.11 Å². The molecule has 1 aliphatic rings. The number of rotatable bonds is 3. The van der Waals surface area contributed by atoms with E-state index in [0.29, 0.717) is 5.54 Å². The zero-order chi connectivity index (χ0) is 9.19. The molecule has 1 rings (SSSR count). The van der Waals surface area contributed by atoms with Gasteiger partial charge in [-0.05, 0) is 30.6 Å². The molecule has 0 radical (unpaired) electrons. The van der Waals surface area contributed by atoms with E-state index in [2.05, 4.69) is 38.2 Å². The van der Waals surface area contributed by atoms with Crippen LogP contribution in [0, 0.1) is 0 Å². The lowest BCUT2D eigenvalue weighted by molar-refractivity contribution is 0.397. The molecule has 0 fully saturated rings. The Morgan fingerprint density at radius 2 is 2.17 bits per heavy atom. The lowest BCUT2D eigenvalue weighted by Gasteiger charge is -2.28. The fraction of sp³-hybridized carbons (Fsp3) is 0.600. The Morgan fingerprint density at radius 1 is 1.50 bits per heavy atom. The van der Waals surface area contributed by atoms with Gasteiger partial charge in [-0.2, -0.15) is 0 Å². The van der Waals surface area contributed by atoms with Crippen LogP contribution >= 0.6 is 0 Å². The molecule has 0 aromatic carbocycles. The summed E-state index contributed by atoms with van der Waals surface area (Å²) >= 11 is 0. The monoisotopic (exact) mass is 182 g/mol. The van der Waals surface area contributed by atoms with E-state index in [1.807, 2.05) is 7.11 Å². The average molecular weight is 182 g/mol. The fourth-order valence-corrected chi connectivity index (χ4v) is 2.75. The second kappa shape index (κ2) is 3.58. The molecule has 0 aromatic rings. The molecule has 12 heavy (non-hydrogen) atoms. The number of hydrogen-bond donors (Lipinski definition) is 0. The smallest absolute Gasteiger partial charge is 0.193 e. The molecule has 1 atom stereocenters. The summed E-state index contributed by atoms with van der Waals surface area (Å²) in [5.74, 6) is 0. The molecule has 1 nitrogen and oxygen atoms in total. The summed E-state index contributed by atoms with van der Waals surface area (Å²) in [4.78, 5) is 0. The van der Waals surface area contributed by atoms with E-state index in [1.54, 1.807) is 0 Å². The number of allylic oxidation sites excluding steroid dienone is 4. The van der Waals surface area contributed by atoms with Gasteiger partial charge in [0.1, 0.15) is 0 Å². The van der Waals surface area contributed by atoms with Gasteiger partial charge in [0.2, 0.25) is 0 Å². The van der Waals surface area contributed by atoms with Gasteiger partial charge in [-0.15, -0.1) is 0 Å². The first-order valence-corrected chi connectivity index (χ1v) is 7.48. The molecule has 0 N–H and O–H groups in total. The Kier molecular flexibility index (Phi) is 2.91. The first-order chi connectivity index (χ1) is 5.58. The van der Waals surface area contributed by atoms with E-state index >= 15 is 0 Å². The van der Waals surface area contributed by atoms with Gasteiger partial charge in [-0.25, -0.2) is 0 Å². The van der Waals surface area contributed by atoms with Crippen LogP contribution in [0.4, 0.5) is 0 Å². The Balaban J connectivity index is 2.69.